The molecule has 0 bridgehead atoms. The Bertz CT molecular complexity index is 876. The molecule has 1 N–H and O–H groups in total. The van der Waals surface area contributed by atoms with E-state index < -0.39 is 6.10 Å². The van der Waals surface area contributed by atoms with E-state index in [0.29, 0.717) is 37.2 Å². The van der Waals surface area contributed by atoms with Gasteiger partial charge in [0.15, 0.2) is 0 Å². The summed E-state index contributed by atoms with van der Waals surface area (Å²) in [6.45, 7) is 1.95. The zero-order valence-electron chi connectivity index (χ0n) is 16.8. The Balaban J connectivity index is 1.53. The van der Waals surface area contributed by atoms with Gasteiger partial charge in [-0.1, -0.05) is 39.8 Å². The van der Waals surface area contributed by atoms with E-state index in [1.807, 2.05) is 35.3 Å². The summed E-state index contributed by atoms with van der Waals surface area (Å²) >= 11 is 6.18. The van der Waals surface area contributed by atoms with E-state index in [1.54, 1.807) is 11.1 Å². The van der Waals surface area contributed by atoms with Crippen molar-refractivity contribution in [3.63, 3.8) is 0 Å². The second kappa shape index (κ2) is 11.3. The van der Waals surface area contributed by atoms with E-state index in [1.165, 1.54) is 30.2 Å². The maximum Gasteiger partial charge on any atom is 0.348 e. The van der Waals surface area contributed by atoms with Gasteiger partial charge in [0, 0.05) is 41.2 Å². The summed E-state index contributed by atoms with van der Waals surface area (Å²) in [6, 6.07) is 11.6. The van der Waals surface area contributed by atoms with Crippen LogP contribution in [0, 0.1) is 0 Å². The normalized spacial score (nSPS) is 16.0. The zero-order valence-corrected chi connectivity index (χ0v) is 20.0. The van der Waals surface area contributed by atoms with Crippen LogP contribution in [0.1, 0.15) is 26.5 Å². The molecule has 2 heterocycles. The van der Waals surface area contributed by atoms with E-state index in [-0.39, 0.29) is 11.2 Å². The Morgan fingerprint density at radius 1 is 1.30 bits per heavy atom. The van der Waals surface area contributed by atoms with Crippen LogP contribution in [0.2, 0.25) is 0 Å². The molecule has 1 aromatic heterocycles. The second-order valence-electron chi connectivity index (χ2n) is 6.98. The molecule has 1 atom stereocenters. The molecule has 9 heteroatoms. The summed E-state index contributed by atoms with van der Waals surface area (Å²) in [6.07, 6.45) is 1.38. The number of rotatable bonds is 9. The third-order valence-corrected chi connectivity index (χ3v) is 7.29. The first-order chi connectivity index (χ1) is 14.5. The maximum atomic E-state index is 12.5. The largest absolute Gasteiger partial charge is 0.465 e. The van der Waals surface area contributed by atoms with Gasteiger partial charge < -0.3 is 9.84 Å². The summed E-state index contributed by atoms with van der Waals surface area (Å²) < 4.78 is 5.75. The highest BCUT2D eigenvalue weighted by Crippen LogP contribution is 2.23. The van der Waals surface area contributed by atoms with Crippen molar-refractivity contribution in [1.82, 2.24) is 10.0 Å². The molecule has 0 spiro atoms. The Morgan fingerprint density at radius 3 is 2.90 bits per heavy atom. The van der Waals surface area contributed by atoms with Gasteiger partial charge in [0.1, 0.15) is 4.88 Å². The van der Waals surface area contributed by atoms with Crippen LogP contribution in [0.4, 0.5) is 4.79 Å². The van der Waals surface area contributed by atoms with Crippen LogP contribution in [-0.2, 0) is 17.6 Å². The van der Waals surface area contributed by atoms with Gasteiger partial charge in [-0.15, -0.1) is 11.3 Å². The summed E-state index contributed by atoms with van der Waals surface area (Å²) in [7, 11) is 1.37. The third-order valence-electron chi connectivity index (χ3n) is 4.83. The predicted octanol–water partition coefficient (Wildman–Crippen LogP) is 4.22. The lowest BCUT2D eigenvalue weighted by atomic mass is 10.1. The van der Waals surface area contributed by atoms with Gasteiger partial charge in [-0.2, -0.15) is 0 Å². The molecule has 0 aliphatic carbocycles. The van der Waals surface area contributed by atoms with Crippen molar-refractivity contribution in [2.75, 3.05) is 32.5 Å². The van der Waals surface area contributed by atoms with Gasteiger partial charge >= 0.3 is 5.97 Å². The molecule has 0 saturated carbocycles. The number of thiophene rings is 1. The van der Waals surface area contributed by atoms with Crippen molar-refractivity contribution in [1.29, 1.82) is 0 Å². The van der Waals surface area contributed by atoms with Crippen LogP contribution in [0.5, 0.6) is 0 Å². The smallest absolute Gasteiger partial charge is 0.348 e. The van der Waals surface area contributed by atoms with Gasteiger partial charge in [-0.25, -0.2) is 9.80 Å². The number of carbonyl (C=O) groups is 2. The summed E-state index contributed by atoms with van der Waals surface area (Å²) in [5, 5.41) is 14.3. The first kappa shape index (κ1) is 23.3. The monoisotopic (exact) mass is 512 g/mol. The van der Waals surface area contributed by atoms with Crippen LogP contribution in [0.15, 0.2) is 40.9 Å². The molecule has 2 aromatic rings. The molecule has 1 aliphatic rings. The minimum atomic E-state index is -0.467. The number of ether oxygens (including phenoxy) is 1. The molecular weight excluding hydrogens is 488 g/mol. The SMILES string of the molecule is COC(=O)c1ccc(CCN2C(=O)SCCN2CCC(O)Cc2cccc(Br)c2)s1. The van der Waals surface area contributed by atoms with Crippen LogP contribution in [0.25, 0.3) is 0 Å². The number of aliphatic hydroxyl groups is 1. The van der Waals surface area contributed by atoms with E-state index >= 15 is 0 Å². The number of thioether (sulfide) groups is 1. The fourth-order valence-corrected chi connectivity index (χ4v) is 5.48. The molecule has 30 heavy (non-hydrogen) atoms. The van der Waals surface area contributed by atoms with E-state index in [2.05, 4.69) is 15.9 Å². The van der Waals surface area contributed by atoms with Crippen LogP contribution < -0.4 is 0 Å². The van der Waals surface area contributed by atoms with E-state index in [9.17, 15) is 14.7 Å². The lowest BCUT2D eigenvalue weighted by molar-refractivity contribution is 0.0148. The molecule has 1 aromatic carbocycles. The first-order valence-electron chi connectivity index (χ1n) is 9.75. The van der Waals surface area contributed by atoms with Crippen LogP contribution in [-0.4, -0.2) is 64.9 Å². The third kappa shape index (κ3) is 6.55. The fourth-order valence-electron chi connectivity index (χ4n) is 3.29. The Labute approximate surface area is 193 Å². The van der Waals surface area contributed by atoms with Crippen molar-refractivity contribution in [3.05, 3.63) is 56.2 Å². The number of benzene rings is 1. The Kier molecular flexibility index (Phi) is 8.76. The van der Waals surface area contributed by atoms with Crippen molar-refractivity contribution in [2.24, 2.45) is 0 Å². The summed E-state index contributed by atoms with van der Waals surface area (Å²) in [4.78, 5) is 25.7. The minimum Gasteiger partial charge on any atom is -0.465 e. The molecule has 1 unspecified atom stereocenters. The van der Waals surface area contributed by atoms with Crippen molar-refractivity contribution in [3.8, 4) is 0 Å². The molecule has 1 fully saturated rings. The first-order valence-corrected chi connectivity index (χ1v) is 12.3. The lowest BCUT2D eigenvalue weighted by Crippen LogP contribution is -2.51. The fraction of sp³-hybridized carbons (Fsp3) is 0.429. The summed E-state index contributed by atoms with van der Waals surface area (Å²) in [5.41, 5.74) is 1.08. The second-order valence-corrected chi connectivity index (χ2v) is 10.1. The van der Waals surface area contributed by atoms with Crippen molar-refractivity contribution >= 4 is 50.2 Å². The molecule has 1 aliphatic heterocycles. The highest BCUT2D eigenvalue weighted by atomic mass is 79.9. The van der Waals surface area contributed by atoms with Gasteiger partial charge in [-0.3, -0.25) is 9.80 Å². The van der Waals surface area contributed by atoms with Crippen molar-refractivity contribution in [2.45, 2.75) is 25.4 Å². The number of methoxy groups -OCH3 is 1. The number of halogens is 1. The average Bonchev–Trinajstić information content (AvgIpc) is 3.20. The number of aliphatic hydroxyl groups excluding tert-OH is 1. The molecular formula is C21H25BrN2O4S2. The number of hydrogen-bond acceptors (Lipinski definition) is 7. The number of hydrogen-bond donors (Lipinski definition) is 1. The van der Waals surface area contributed by atoms with E-state index in [4.69, 9.17) is 4.74 Å². The average molecular weight is 513 g/mol. The number of nitrogens with zero attached hydrogens (tertiary/aromatic N) is 2. The predicted molar refractivity (Wildman–Crippen MR) is 124 cm³/mol. The molecule has 0 radical (unpaired) electrons. The zero-order chi connectivity index (χ0) is 21.5. The Morgan fingerprint density at radius 2 is 2.13 bits per heavy atom. The highest BCUT2D eigenvalue weighted by molar-refractivity contribution is 9.10. The molecule has 162 valence electrons. The van der Waals surface area contributed by atoms with E-state index in [0.717, 1.165) is 27.2 Å². The van der Waals surface area contributed by atoms with Crippen LogP contribution in [0.3, 0.4) is 0 Å². The number of esters is 1. The van der Waals surface area contributed by atoms with Crippen LogP contribution >= 0.6 is 39.0 Å². The molecule has 3 rings (SSSR count). The lowest BCUT2D eigenvalue weighted by Gasteiger charge is -2.38. The molecule has 6 nitrogen and oxygen atoms in total. The molecule has 1 amide bonds. The number of hydrazine groups is 1. The number of amides is 1. The Hall–Kier alpha value is -1.39. The topological polar surface area (TPSA) is 70.1 Å². The minimum absolute atomic E-state index is 0.0347. The van der Waals surface area contributed by atoms with Gasteiger partial charge in [0.2, 0.25) is 0 Å². The van der Waals surface area contributed by atoms with Gasteiger partial charge in [-0.05, 0) is 42.7 Å². The molecule has 1 saturated heterocycles. The summed E-state index contributed by atoms with van der Waals surface area (Å²) in [5.74, 6) is 0.416. The highest BCUT2D eigenvalue weighted by Gasteiger charge is 2.27. The quantitative estimate of drug-likeness (QED) is 0.507. The number of carbonyl (C=O) groups excluding carboxylic acids is 2. The van der Waals surface area contributed by atoms with Gasteiger partial charge in [0.25, 0.3) is 5.24 Å². The van der Waals surface area contributed by atoms with Gasteiger partial charge in [0.05, 0.1) is 13.2 Å². The maximum absolute atomic E-state index is 12.5. The standard InChI is InChI=1S/C21H25BrN2O4S2/c1-28-20(26)19-6-5-18(30-19)8-10-24-21(27)29-12-11-23(24)9-7-17(25)14-15-3-2-4-16(22)13-15/h2-6,13,17,25H,7-12,14H2,1H3. The van der Waals surface area contributed by atoms with Crippen molar-refractivity contribution < 1.29 is 19.4 Å².